The summed E-state index contributed by atoms with van der Waals surface area (Å²) >= 11 is 1.95. The minimum atomic E-state index is -0.450. The summed E-state index contributed by atoms with van der Waals surface area (Å²) in [6.07, 6.45) is 2.02. The van der Waals surface area contributed by atoms with Crippen LogP contribution in [-0.4, -0.2) is 35.8 Å². The Morgan fingerprint density at radius 3 is 2.82 bits per heavy atom. The lowest BCUT2D eigenvalue weighted by molar-refractivity contribution is 0.0521. The third kappa shape index (κ3) is 6.17. The lowest BCUT2D eigenvalue weighted by Crippen LogP contribution is -2.45. The van der Waals surface area contributed by atoms with Gasteiger partial charge in [0.2, 0.25) is 0 Å². The van der Waals surface area contributed by atoms with Crippen LogP contribution in [0.1, 0.15) is 33.6 Å². The summed E-state index contributed by atoms with van der Waals surface area (Å²) in [6.45, 7) is 6.05. The summed E-state index contributed by atoms with van der Waals surface area (Å²) in [7, 11) is 0. The monoisotopic (exact) mass is 260 g/mol. The molecule has 0 saturated carbocycles. The van der Waals surface area contributed by atoms with E-state index in [2.05, 4.69) is 5.32 Å². The number of ether oxygens (including phenoxy) is 1. The van der Waals surface area contributed by atoms with E-state index in [1.54, 1.807) is 0 Å². The first-order chi connectivity index (χ1) is 7.88. The lowest BCUT2D eigenvalue weighted by Gasteiger charge is -2.27. The Kier molecular flexibility index (Phi) is 5.59. The zero-order chi connectivity index (χ0) is 12.9. The molecule has 1 aliphatic rings. The van der Waals surface area contributed by atoms with Crippen molar-refractivity contribution >= 4 is 17.9 Å². The van der Waals surface area contributed by atoms with Crippen LogP contribution in [0, 0.1) is 5.92 Å². The maximum Gasteiger partial charge on any atom is 0.407 e. The van der Waals surface area contributed by atoms with E-state index in [1.165, 1.54) is 18.6 Å². The molecule has 1 rings (SSSR count). The van der Waals surface area contributed by atoms with Gasteiger partial charge in [0, 0.05) is 12.6 Å². The molecule has 4 nitrogen and oxygen atoms in total. The number of hydrogen-bond acceptors (Lipinski definition) is 4. The van der Waals surface area contributed by atoms with Crippen LogP contribution < -0.4 is 11.1 Å². The van der Waals surface area contributed by atoms with Gasteiger partial charge >= 0.3 is 6.09 Å². The van der Waals surface area contributed by atoms with E-state index in [0.717, 1.165) is 5.75 Å². The van der Waals surface area contributed by atoms with Crippen LogP contribution in [0.3, 0.4) is 0 Å². The molecule has 0 bridgehead atoms. The number of thioether (sulfide) groups is 1. The second kappa shape index (κ2) is 6.50. The molecule has 1 amide bonds. The van der Waals surface area contributed by atoms with Gasteiger partial charge in [0.25, 0.3) is 0 Å². The quantitative estimate of drug-likeness (QED) is 0.814. The first-order valence-corrected chi connectivity index (χ1v) is 7.34. The van der Waals surface area contributed by atoms with Gasteiger partial charge in [-0.05, 0) is 51.0 Å². The Labute approximate surface area is 108 Å². The summed E-state index contributed by atoms with van der Waals surface area (Å²) in [4.78, 5) is 11.5. The number of carbonyl (C=O) groups excluding carboxylic acids is 1. The number of rotatable bonds is 3. The van der Waals surface area contributed by atoms with Crippen LogP contribution in [0.15, 0.2) is 0 Å². The predicted molar refractivity (Wildman–Crippen MR) is 72.3 cm³/mol. The van der Waals surface area contributed by atoms with Gasteiger partial charge in [-0.3, -0.25) is 0 Å². The summed E-state index contributed by atoms with van der Waals surface area (Å²) in [6, 6.07) is 0.0373. The highest BCUT2D eigenvalue weighted by atomic mass is 32.2. The van der Waals surface area contributed by atoms with Crippen molar-refractivity contribution in [3.8, 4) is 0 Å². The molecule has 5 heteroatoms. The SMILES string of the molecule is CC(C)(C)OC(=O)NCC(N)C1CCCSC1. The fourth-order valence-corrected chi connectivity index (χ4v) is 3.04. The number of nitrogens with one attached hydrogen (secondary N) is 1. The molecule has 17 heavy (non-hydrogen) atoms. The van der Waals surface area contributed by atoms with Gasteiger partial charge in [-0.2, -0.15) is 11.8 Å². The van der Waals surface area contributed by atoms with Gasteiger partial charge in [0.1, 0.15) is 5.60 Å². The molecule has 0 aromatic carbocycles. The molecular weight excluding hydrogens is 236 g/mol. The normalized spacial score (nSPS) is 22.9. The van der Waals surface area contributed by atoms with Crippen molar-refractivity contribution in [2.24, 2.45) is 11.7 Å². The Balaban J connectivity index is 2.22. The second-order valence-electron chi connectivity index (χ2n) is 5.52. The molecule has 1 fully saturated rings. The van der Waals surface area contributed by atoms with E-state index < -0.39 is 5.60 Å². The highest BCUT2D eigenvalue weighted by Crippen LogP contribution is 2.24. The maximum atomic E-state index is 11.5. The molecule has 1 heterocycles. The van der Waals surface area contributed by atoms with Crippen molar-refractivity contribution in [1.29, 1.82) is 0 Å². The first-order valence-electron chi connectivity index (χ1n) is 6.18. The molecule has 0 aromatic rings. The molecule has 2 atom stereocenters. The van der Waals surface area contributed by atoms with Gasteiger partial charge in [-0.25, -0.2) is 4.79 Å². The van der Waals surface area contributed by atoms with Crippen LogP contribution in [0.2, 0.25) is 0 Å². The molecular formula is C12H24N2O2S. The average molecular weight is 260 g/mol. The van der Waals surface area contributed by atoms with E-state index in [1.807, 2.05) is 32.5 Å². The standard InChI is InChI=1S/C12H24N2O2S/c1-12(2,3)16-11(15)14-7-10(13)9-5-4-6-17-8-9/h9-10H,4-8,13H2,1-3H3,(H,14,15). The number of carbonyl (C=O) groups is 1. The Morgan fingerprint density at radius 1 is 1.59 bits per heavy atom. The summed E-state index contributed by atoms with van der Waals surface area (Å²) in [5, 5.41) is 2.74. The van der Waals surface area contributed by atoms with E-state index >= 15 is 0 Å². The van der Waals surface area contributed by atoms with Crippen molar-refractivity contribution in [3.63, 3.8) is 0 Å². The van der Waals surface area contributed by atoms with Crippen molar-refractivity contribution < 1.29 is 9.53 Å². The van der Waals surface area contributed by atoms with Crippen molar-refractivity contribution in [3.05, 3.63) is 0 Å². The number of nitrogens with two attached hydrogens (primary N) is 1. The second-order valence-corrected chi connectivity index (χ2v) is 6.67. The van der Waals surface area contributed by atoms with Gasteiger partial charge in [-0.15, -0.1) is 0 Å². The Morgan fingerprint density at radius 2 is 2.29 bits per heavy atom. The fourth-order valence-electron chi connectivity index (χ4n) is 1.79. The molecule has 0 radical (unpaired) electrons. The minimum Gasteiger partial charge on any atom is -0.444 e. The molecule has 1 saturated heterocycles. The Bertz CT molecular complexity index is 247. The largest absolute Gasteiger partial charge is 0.444 e. The van der Waals surface area contributed by atoms with Crippen LogP contribution in [-0.2, 0) is 4.74 Å². The molecule has 0 spiro atoms. The number of hydrogen-bond donors (Lipinski definition) is 2. The van der Waals surface area contributed by atoms with E-state index in [0.29, 0.717) is 12.5 Å². The van der Waals surface area contributed by atoms with Gasteiger partial charge in [0.05, 0.1) is 0 Å². The van der Waals surface area contributed by atoms with Crippen molar-refractivity contribution in [1.82, 2.24) is 5.32 Å². The molecule has 0 aliphatic carbocycles. The van der Waals surface area contributed by atoms with Crippen LogP contribution >= 0.6 is 11.8 Å². The highest BCUT2D eigenvalue weighted by molar-refractivity contribution is 7.99. The van der Waals surface area contributed by atoms with E-state index in [4.69, 9.17) is 10.5 Å². The average Bonchev–Trinajstić information content (AvgIpc) is 2.25. The third-order valence-corrected chi connectivity index (χ3v) is 3.92. The zero-order valence-corrected chi connectivity index (χ0v) is 11.8. The van der Waals surface area contributed by atoms with Crippen molar-refractivity contribution in [2.75, 3.05) is 18.1 Å². The lowest BCUT2D eigenvalue weighted by atomic mass is 9.97. The number of alkyl carbamates (subject to hydrolysis) is 1. The van der Waals surface area contributed by atoms with Gasteiger partial charge in [-0.1, -0.05) is 0 Å². The molecule has 0 aromatic heterocycles. The summed E-state index contributed by atoms with van der Waals surface area (Å²) in [5.41, 5.74) is 5.63. The van der Waals surface area contributed by atoms with Crippen LogP contribution in [0.5, 0.6) is 0 Å². The highest BCUT2D eigenvalue weighted by Gasteiger charge is 2.22. The zero-order valence-electron chi connectivity index (χ0n) is 11.0. The van der Waals surface area contributed by atoms with Crippen molar-refractivity contribution in [2.45, 2.75) is 45.3 Å². The van der Waals surface area contributed by atoms with E-state index in [9.17, 15) is 4.79 Å². The smallest absolute Gasteiger partial charge is 0.407 e. The van der Waals surface area contributed by atoms with Crippen LogP contribution in [0.4, 0.5) is 4.79 Å². The summed E-state index contributed by atoms with van der Waals surface area (Å²) in [5.74, 6) is 2.86. The van der Waals surface area contributed by atoms with Crippen LogP contribution in [0.25, 0.3) is 0 Å². The van der Waals surface area contributed by atoms with Gasteiger partial charge < -0.3 is 15.8 Å². The minimum absolute atomic E-state index is 0.0373. The Hall–Kier alpha value is -0.420. The third-order valence-electron chi connectivity index (χ3n) is 2.68. The molecule has 3 N–H and O–H groups in total. The number of amides is 1. The fraction of sp³-hybridized carbons (Fsp3) is 0.917. The maximum absolute atomic E-state index is 11.5. The first kappa shape index (κ1) is 14.6. The van der Waals surface area contributed by atoms with E-state index in [-0.39, 0.29) is 12.1 Å². The predicted octanol–water partition coefficient (Wildman–Crippen LogP) is 1.98. The topological polar surface area (TPSA) is 64.3 Å². The molecule has 1 aliphatic heterocycles. The molecule has 100 valence electrons. The molecule has 2 unspecified atom stereocenters. The summed E-state index contributed by atoms with van der Waals surface area (Å²) < 4.78 is 5.16. The van der Waals surface area contributed by atoms with Gasteiger partial charge in [0.15, 0.2) is 0 Å².